The molecule has 0 saturated carbocycles. The molecule has 1 atom stereocenters. The summed E-state index contributed by atoms with van der Waals surface area (Å²) >= 11 is 7.44. The minimum Gasteiger partial charge on any atom is -0.488 e. The summed E-state index contributed by atoms with van der Waals surface area (Å²) in [5.74, 6) is 1.55. The Kier molecular flexibility index (Phi) is 5.99. The quantitative estimate of drug-likeness (QED) is 0.570. The minimum atomic E-state index is 0.173. The molecule has 1 heterocycles. The van der Waals surface area contributed by atoms with Gasteiger partial charge in [0.05, 0.1) is 6.10 Å². The third-order valence-electron chi connectivity index (χ3n) is 1.93. The van der Waals surface area contributed by atoms with Crippen molar-refractivity contribution in [1.29, 1.82) is 0 Å². The fourth-order valence-corrected chi connectivity index (χ4v) is 2.64. The third-order valence-corrected chi connectivity index (χ3v) is 3.31. The summed E-state index contributed by atoms with van der Waals surface area (Å²) in [4.78, 5) is 4.35. The molecule has 0 amide bonds. The summed E-state index contributed by atoms with van der Waals surface area (Å²) in [6, 6.07) is 3.86. The molecule has 0 N–H and O–H groups in total. The van der Waals surface area contributed by atoms with Gasteiger partial charge in [-0.25, -0.2) is 4.98 Å². The van der Waals surface area contributed by atoms with Crippen molar-refractivity contribution in [2.45, 2.75) is 43.6 Å². The highest BCUT2D eigenvalue weighted by Crippen LogP contribution is 2.31. The first-order valence-electron chi connectivity index (χ1n) is 5.47. The summed E-state index contributed by atoms with van der Waals surface area (Å²) in [5, 5.41) is 1.41. The largest absolute Gasteiger partial charge is 0.488 e. The van der Waals surface area contributed by atoms with Crippen LogP contribution in [0.3, 0.4) is 0 Å². The number of nitrogens with zero attached hydrogens (tertiary/aromatic N) is 1. The number of aromatic nitrogens is 1. The number of thioether (sulfide) groups is 1. The second kappa shape index (κ2) is 7.02. The Bertz CT molecular complexity index is 320. The predicted molar refractivity (Wildman–Crippen MR) is 70.7 cm³/mol. The van der Waals surface area contributed by atoms with Crippen molar-refractivity contribution >= 4 is 23.4 Å². The van der Waals surface area contributed by atoms with Gasteiger partial charge in [-0.15, -0.1) is 11.6 Å². The number of hydrogen-bond donors (Lipinski definition) is 0. The molecule has 4 heteroatoms. The van der Waals surface area contributed by atoms with Gasteiger partial charge in [0.15, 0.2) is 5.75 Å². The molecule has 0 spiro atoms. The molecular formula is C12H18ClNOS. The predicted octanol–water partition coefficient (Wildman–Crippen LogP) is 3.98. The molecule has 0 bridgehead atoms. The van der Waals surface area contributed by atoms with Crippen LogP contribution in [-0.4, -0.2) is 22.2 Å². The van der Waals surface area contributed by atoms with Crippen molar-refractivity contribution in [2.75, 3.05) is 5.88 Å². The van der Waals surface area contributed by atoms with Gasteiger partial charge in [-0.05, 0) is 32.4 Å². The molecule has 0 aromatic carbocycles. The van der Waals surface area contributed by atoms with E-state index in [4.69, 9.17) is 16.3 Å². The monoisotopic (exact) mass is 259 g/mol. The lowest BCUT2D eigenvalue weighted by Crippen LogP contribution is -2.07. The minimum absolute atomic E-state index is 0.173. The van der Waals surface area contributed by atoms with Crippen molar-refractivity contribution in [2.24, 2.45) is 0 Å². The van der Waals surface area contributed by atoms with Crippen molar-refractivity contribution < 1.29 is 4.74 Å². The number of pyridine rings is 1. The molecule has 2 nitrogen and oxygen atoms in total. The van der Waals surface area contributed by atoms with E-state index in [1.54, 1.807) is 18.0 Å². The Morgan fingerprint density at radius 1 is 1.44 bits per heavy atom. The van der Waals surface area contributed by atoms with Crippen LogP contribution < -0.4 is 4.74 Å². The fourth-order valence-electron chi connectivity index (χ4n) is 1.21. The van der Waals surface area contributed by atoms with Crippen molar-refractivity contribution in [3.05, 3.63) is 18.3 Å². The van der Waals surface area contributed by atoms with Crippen molar-refractivity contribution in [3.63, 3.8) is 0 Å². The van der Waals surface area contributed by atoms with Gasteiger partial charge in [0, 0.05) is 17.3 Å². The molecule has 1 aromatic heterocycles. The number of hydrogen-bond acceptors (Lipinski definition) is 3. The van der Waals surface area contributed by atoms with Gasteiger partial charge in [0.2, 0.25) is 0 Å². The lowest BCUT2D eigenvalue weighted by Gasteiger charge is -2.15. The van der Waals surface area contributed by atoms with Gasteiger partial charge in [0.25, 0.3) is 0 Å². The SMILES string of the molecule is CC(C)Oc1cccnc1SC(C)CCCl. The second-order valence-corrected chi connectivity index (χ2v) is 5.68. The van der Waals surface area contributed by atoms with E-state index in [2.05, 4.69) is 11.9 Å². The van der Waals surface area contributed by atoms with Crippen LogP contribution in [0.2, 0.25) is 0 Å². The van der Waals surface area contributed by atoms with Crippen molar-refractivity contribution in [1.82, 2.24) is 4.98 Å². The summed E-state index contributed by atoms with van der Waals surface area (Å²) in [6.45, 7) is 6.19. The van der Waals surface area contributed by atoms with Crippen LogP contribution in [0.15, 0.2) is 23.4 Å². The maximum Gasteiger partial charge on any atom is 0.151 e. The maximum atomic E-state index is 5.72. The fraction of sp³-hybridized carbons (Fsp3) is 0.583. The van der Waals surface area contributed by atoms with E-state index in [-0.39, 0.29) is 6.10 Å². The van der Waals surface area contributed by atoms with Crippen molar-refractivity contribution in [3.8, 4) is 5.75 Å². The smallest absolute Gasteiger partial charge is 0.151 e. The summed E-state index contributed by atoms with van der Waals surface area (Å²) < 4.78 is 5.71. The van der Waals surface area contributed by atoms with Crippen LogP contribution in [-0.2, 0) is 0 Å². The highest BCUT2D eigenvalue weighted by atomic mass is 35.5. The van der Waals surface area contributed by atoms with Crippen LogP contribution in [0.4, 0.5) is 0 Å². The Balaban J connectivity index is 2.70. The first-order chi connectivity index (χ1) is 7.63. The zero-order chi connectivity index (χ0) is 12.0. The molecule has 1 unspecified atom stereocenters. The van der Waals surface area contributed by atoms with Crippen LogP contribution in [0.5, 0.6) is 5.75 Å². The van der Waals surface area contributed by atoms with E-state index in [0.717, 1.165) is 17.2 Å². The molecule has 0 aliphatic carbocycles. The molecular weight excluding hydrogens is 242 g/mol. The summed E-state index contributed by atoms with van der Waals surface area (Å²) in [5.41, 5.74) is 0. The first-order valence-corrected chi connectivity index (χ1v) is 6.89. The molecule has 0 radical (unpaired) electrons. The van der Waals surface area contributed by atoms with Gasteiger partial charge >= 0.3 is 0 Å². The van der Waals surface area contributed by atoms with Crippen LogP contribution in [0, 0.1) is 0 Å². The van der Waals surface area contributed by atoms with Crippen LogP contribution in [0.25, 0.3) is 0 Å². The Morgan fingerprint density at radius 2 is 2.19 bits per heavy atom. The third kappa shape index (κ3) is 4.62. The highest BCUT2D eigenvalue weighted by molar-refractivity contribution is 7.99. The van der Waals surface area contributed by atoms with Crippen LogP contribution in [0.1, 0.15) is 27.2 Å². The molecule has 1 aromatic rings. The van der Waals surface area contributed by atoms with E-state index in [1.807, 2.05) is 26.0 Å². The first kappa shape index (κ1) is 13.7. The van der Waals surface area contributed by atoms with E-state index in [9.17, 15) is 0 Å². The second-order valence-electron chi connectivity index (χ2n) is 3.88. The Hall–Kier alpha value is -0.410. The maximum absolute atomic E-state index is 5.72. The number of halogens is 1. The van der Waals surface area contributed by atoms with E-state index in [1.165, 1.54) is 0 Å². The average Bonchev–Trinajstić information content (AvgIpc) is 2.20. The molecule has 90 valence electrons. The highest BCUT2D eigenvalue weighted by Gasteiger charge is 2.11. The van der Waals surface area contributed by atoms with Gasteiger partial charge in [-0.2, -0.15) is 0 Å². The zero-order valence-corrected chi connectivity index (χ0v) is 11.5. The number of ether oxygens (including phenoxy) is 1. The molecule has 16 heavy (non-hydrogen) atoms. The van der Waals surface area contributed by atoms with Gasteiger partial charge in [-0.1, -0.05) is 18.7 Å². The standard InChI is InChI=1S/C12H18ClNOS/c1-9(2)15-11-5-4-8-14-12(11)16-10(3)6-7-13/h4-5,8-10H,6-7H2,1-3H3. The normalized spacial score (nSPS) is 12.8. The van der Waals surface area contributed by atoms with Gasteiger partial charge in [-0.3, -0.25) is 0 Å². The zero-order valence-electron chi connectivity index (χ0n) is 9.94. The molecule has 0 aliphatic rings. The van der Waals surface area contributed by atoms with Gasteiger partial charge < -0.3 is 4.74 Å². The molecule has 0 fully saturated rings. The molecule has 0 saturated heterocycles. The van der Waals surface area contributed by atoms with Gasteiger partial charge in [0.1, 0.15) is 5.03 Å². The lowest BCUT2D eigenvalue weighted by molar-refractivity contribution is 0.234. The average molecular weight is 260 g/mol. The van der Waals surface area contributed by atoms with E-state index < -0.39 is 0 Å². The van der Waals surface area contributed by atoms with E-state index in [0.29, 0.717) is 11.1 Å². The van der Waals surface area contributed by atoms with Crippen LogP contribution >= 0.6 is 23.4 Å². The molecule has 0 aliphatic heterocycles. The number of alkyl halides is 1. The Labute approximate surface area is 107 Å². The summed E-state index contributed by atoms with van der Waals surface area (Å²) in [6.07, 6.45) is 2.94. The lowest BCUT2D eigenvalue weighted by atomic mass is 10.4. The Morgan fingerprint density at radius 3 is 2.81 bits per heavy atom. The van der Waals surface area contributed by atoms with E-state index >= 15 is 0 Å². The number of rotatable bonds is 6. The molecule has 1 rings (SSSR count). The topological polar surface area (TPSA) is 22.1 Å². The summed E-state index contributed by atoms with van der Waals surface area (Å²) in [7, 11) is 0.